The van der Waals surface area contributed by atoms with Gasteiger partial charge in [0.05, 0.1) is 0 Å². The van der Waals surface area contributed by atoms with Crippen LogP contribution in [0.4, 0.5) is 0 Å². The number of hydrogen-bond acceptors (Lipinski definition) is 2. The van der Waals surface area contributed by atoms with Crippen LogP contribution in [-0.4, -0.2) is 19.1 Å². The van der Waals surface area contributed by atoms with E-state index in [1.807, 2.05) is 26.0 Å². The van der Waals surface area contributed by atoms with Gasteiger partial charge in [0.25, 0.3) is 5.91 Å². The Morgan fingerprint density at radius 1 is 1.41 bits per heavy atom. The summed E-state index contributed by atoms with van der Waals surface area (Å²) in [5.41, 5.74) is 2.28. The number of ether oxygens (including phenoxy) is 1. The summed E-state index contributed by atoms with van der Waals surface area (Å²) in [7, 11) is 0. The molecule has 3 nitrogen and oxygen atoms in total. The molecule has 0 aliphatic heterocycles. The van der Waals surface area contributed by atoms with Crippen LogP contribution in [0.3, 0.4) is 0 Å². The van der Waals surface area contributed by atoms with E-state index < -0.39 is 0 Å². The topological polar surface area (TPSA) is 38.3 Å². The lowest BCUT2D eigenvalue weighted by atomic mass is 10.0. The maximum atomic E-state index is 11.3. The maximum absolute atomic E-state index is 11.3. The van der Waals surface area contributed by atoms with Crippen LogP contribution in [-0.2, 0) is 4.79 Å². The van der Waals surface area contributed by atoms with Gasteiger partial charge in [-0.1, -0.05) is 26.0 Å². The van der Waals surface area contributed by atoms with Crippen LogP contribution >= 0.6 is 0 Å². The van der Waals surface area contributed by atoms with Crippen molar-refractivity contribution in [2.75, 3.05) is 13.2 Å². The first kappa shape index (κ1) is 13.6. The fourth-order valence-corrected chi connectivity index (χ4v) is 1.52. The normalized spacial score (nSPS) is 10.4. The standard InChI is InChI=1S/C14H21NO2/c1-5-15-14(16)9-17-13-8-12(10(2)3)7-6-11(13)4/h6-8,10H,5,9H2,1-4H3,(H,15,16). The first-order valence-corrected chi connectivity index (χ1v) is 6.04. The highest BCUT2D eigenvalue weighted by Gasteiger charge is 2.06. The van der Waals surface area contributed by atoms with Gasteiger partial charge < -0.3 is 10.1 Å². The summed E-state index contributed by atoms with van der Waals surface area (Å²) in [5, 5.41) is 2.71. The molecule has 0 radical (unpaired) electrons. The summed E-state index contributed by atoms with van der Waals surface area (Å²) in [6.45, 7) is 8.86. The Balaban J connectivity index is 2.69. The van der Waals surface area contributed by atoms with Crippen molar-refractivity contribution in [3.05, 3.63) is 29.3 Å². The van der Waals surface area contributed by atoms with Crippen molar-refractivity contribution in [1.82, 2.24) is 5.32 Å². The largest absolute Gasteiger partial charge is 0.483 e. The second-order valence-electron chi connectivity index (χ2n) is 4.42. The number of aryl methyl sites for hydroxylation is 1. The van der Waals surface area contributed by atoms with Crippen LogP contribution in [0.1, 0.15) is 37.8 Å². The van der Waals surface area contributed by atoms with Crippen molar-refractivity contribution in [3.63, 3.8) is 0 Å². The molecule has 17 heavy (non-hydrogen) atoms. The number of carbonyl (C=O) groups is 1. The molecule has 0 unspecified atom stereocenters. The summed E-state index contributed by atoms with van der Waals surface area (Å²) in [6.07, 6.45) is 0. The SMILES string of the molecule is CCNC(=O)COc1cc(C(C)C)ccc1C. The van der Waals surface area contributed by atoms with Gasteiger partial charge in [0.2, 0.25) is 0 Å². The number of nitrogens with one attached hydrogen (secondary N) is 1. The monoisotopic (exact) mass is 235 g/mol. The average Bonchev–Trinajstić information content (AvgIpc) is 2.28. The molecule has 0 aliphatic rings. The molecule has 1 rings (SSSR count). The molecule has 1 aromatic carbocycles. The molecule has 0 bridgehead atoms. The van der Waals surface area contributed by atoms with E-state index in [0.29, 0.717) is 12.5 Å². The molecular weight excluding hydrogens is 214 g/mol. The Morgan fingerprint density at radius 3 is 2.71 bits per heavy atom. The van der Waals surface area contributed by atoms with E-state index >= 15 is 0 Å². The highest BCUT2D eigenvalue weighted by molar-refractivity contribution is 5.77. The van der Waals surface area contributed by atoms with Gasteiger partial charge in [-0.25, -0.2) is 0 Å². The molecule has 0 fully saturated rings. The van der Waals surface area contributed by atoms with Crippen molar-refractivity contribution in [1.29, 1.82) is 0 Å². The molecule has 0 heterocycles. The van der Waals surface area contributed by atoms with Crippen molar-refractivity contribution < 1.29 is 9.53 Å². The third-order valence-corrected chi connectivity index (χ3v) is 2.61. The minimum Gasteiger partial charge on any atom is -0.483 e. The van der Waals surface area contributed by atoms with Crippen LogP contribution < -0.4 is 10.1 Å². The Hall–Kier alpha value is -1.51. The Kier molecular flexibility index (Phi) is 5.01. The van der Waals surface area contributed by atoms with Gasteiger partial charge >= 0.3 is 0 Å². The number of likely N-dealkylation sites (N-methyl/N-ethyl adjacent to an activating group) is 1. The smallest absolute Gasteiger partial charge is 0.257 e. The first-order valence-electron chi connectivity index (χ1n) is 6.04. The van der Waals surface area contributed by atoms with Crippen molar-refractivity contribution in [3.8, 4) is 5.75 Å². The zero-order valence-corrected chi connectivity index (χ0v) is 11.0. The first-order chi connectivity index (χ1) is 8.04. The molecule has 0 aromatic heterocycles. The molecule has 0 spiro atoms. The quantitative estimate of drug-likeness (QED) is 0.852. The lowest BCUT2D eigenvalue weighted by Crippen LogP contribution is -2.28. The highest BCUT2D eigenvalue weighted by Crippen LogP contribution is 2.24. The van der Waals surface area contributed by atoms with E-state index in [0.717, 1.165) is 11.3 Å². The number of benzene rings is 1. The molecule has 1 N–H and O–H groups in total. The zero-order chi connectivity index (χ0) is 12.8. The molecule has 0 saturated heterocycles. The lowest BCUT2D eigenvalue weighted by Gasteiger charge is -2.12. The van der Waals surface area contributed by atoms with Crippen LogP contribution in [0, 0.1) is 6.92 Å². The predicted molar refractivity (Wildman–Crippen MR) is 69.4 cm³/mol. The van der Waals surface area contributed by atoms with Crippen LogP contribution in [0.15, 0.2) is 18.2 Å². The van der Waals surface area contributed by atoms with E-state index in [-0.39, 0.29) is 12.5 Å². The second-order valence-corrected chi connectivity index (χ2v) is 4.42. The fraction of sp³-hybridized carbons (Fsp3) is 0.500. The van der Waals surface area contributed by atoms with Crippen LogP contribution in [0.5, 0.6) is 5.75 Å². The number of amides is 1. The van der Waals surface area contributed by atoms with Gasteiger partial charge in [-0.15, -0.1) is 0 Å². The van der Waals surface area contributed by atoms with Gasteiger partial charge in [-0.2, -0.15) is 0 Å². The van der Waals surface area contributed by atoms with Crippen LogP contribution in [0.25, 0.3) is 0 Å². The molecular formula is C14H21NO2. The van der Waals surface area contributed by atoms with Gasteiger partial charge in [0.1, 0.15) is 5.75 Å². The third-order valence-electron chi connectivity index (χ3n) is 2.61. The Labute approximate surface area is 103 Å². The lowest BCUT2D eigenvalue weighted by molar-refractivity contribution is -0.122. The number of carbonyl (C=O) groups excluding carboxylic acids is 1. The van der Waals surface area contributed by atoms with E-state index in [1.165, 1.54) is 5.56 Å². The summed E-state index contributed by atoms with van der Waals surface area (Å²) in [6, 6.07) is 6.14. The highest BCUT2D eigenvalue weighted by atomic mass is 16.5. The summed E-state index contributed by atoms with van der Waals surface area (Å²) < 4.78 is 5.53. The van der Waals surface area contributed by atoms with Crippen molar-refractivity contribution in [2.45, 2.75) is 33.6 Å². The molecule has 0 aliphatic carbocycles. The molecule has 3 heteroatoms. The molecule has 94 valence electrons. The van der Waals surface area contributed by atoms with Crippen molar-refractivity contribution >= 4 is 5.91 Å². The number of hydrogen-bond donors (Lipinski definition) is 1. The molecule has 1 amide bonds. The predicted octanol–water partition coefficient (Wildman–Crippen LogP) is 2.63. The summed E-state index contributed by atoms with van der Waals surface area (Å²) in [5.74, 6) is 1.17. The average molecular weight is 235 g/mol. The zero-order valence-electron chi connectivity index (χ0n) is 11.0. The summed E-state index contributed by atoms with van der Waals surface area (Å²) >= 11 is 0. The molecule has 0 atom stereocenters. The molecule has 0 saturated carbocycles. The van der Waals surface area contributed by atoms with E-state index in [2.05, 4.69) is 25.2 Å². The third kappa shape index (κ3) is 4.10. The Bertz CT molecular complexity index is 386. The maximum Gasteiger partial charge on any atom is 0.257 e. The van der Waals surface area contributed by atoms with E-state index in [4.69, 9.17) is 4.74 Å². The van der Waals surface area contributed by atoms with Crippen molar-refractivity contribution in [2.24, 2.45) is 0 Å². The minimum absolute atomic E-state index is 0.0796. The van der Waals surface area contributed by atoms with E-state index in [9.17, 15) is 4.79 Å². The minimum atomic E-state index is -0.0816. The second kappa shape index (κ2) is 6.28. The van der Waals surface area contributed by atoms with Gasteiger partial charge in [0.15, 0.2) is 6.61 Å². The van der Waals surface area contributed by atoms with Gasteiger partial charge in [0, 0.05) is 6.54 Å². The van der Waals surface area contributed by atoms with Gasteiger partial charge in [-0.05, 0) is 37.0 Å². The molecule has 1 aromatic rings. The fourth-order valence-electron chi connectivity index (χ4n) is 1.52. The summed E-state index contributed by atoms with van der Waals surface area (Å²) in [4.78, 5) is 11.3. The van der Waals surface area contributed by atoms with Crippen LogP contribution in [0.2, 0.25) is 0 Å². The van der Waals surface area contributed by atoms with Gasteiger partial charge in [-0.3, -0.25) is 4.79 Å². The Morgan fingerprint density at radius 2 is 2.12 bits per heavy atom. The van der Waals surface area contributed by atoms with E-state index in [1.54, 1.807) is 0 Å². The number of rotatable bonds is 5.